The van der Waals surface area contributed by atoms with E-state index in [0.29, 0.717) is 13.0 Å². The molecule has 54 valence electrons. The van der Waals surface area contributed by atoms with Crippen molar-refractivity contribution in [2.75, 3.05) is 6.54 Å². The molecule has 1 unspecified atom stereocenters. The molecule has 0 radical (unpaired) electrons. The lowest BCUT2D eigenvalue weighted by atomic mass is 10.3. The van der Waals surface area contributed by atoms with Gasteiger partial charge in [0, 0.05) is 6.42 Å². The summed E-state index contributed by atoms with van der Waals surface area (Å²) >= 11 is 0. The van der Waals surface area contributed by atoms with E-state index < -0.39 is 6.23 Å². The van der Waals surface area contributed by atoms with E-state index in [1.54, 1.807) is 0 Å². The van der Waals surface area contributed by atoms with Crippen LogP contribution in [-0.4, -0.2) is 12.8 Å². The summed E-state index contributed by atoms with van der Waals surface area (Å²) in [6.07, 6.45) is 0.727. The molecule has 0 saturated carbocycles. The Kier molecular flexibility index (Phi) is 5.04. The summed E-state index contributed by atoms with van der Waals surface area (Å²) in [6, 6.07) is 0. The van der Waals surface area contributed by atoms with Crippen LogP contribution in [0, 0.1) is 4.91 Å². The molecule has 0 aliphatic heterocycles. The quantitative estimate of drug-likeness (QED) is 0.306. The molecule has 0 bridgehead atoms. The van der Waals surface area contributed by atoms with Crippen molar-refractivity contribution < 1.29 is 4.84 Å². The Morgan fingerprint density at radius 3 is 2.78 bits per heavy atom. The molecule has 0 fully saturated rings. The van der Waals surface area contributed by atoms with E-state index in [4.69, 9.17) is 11.5 Å². The number of hydrogen-bond acceptors (Lipinski definition) is 5. The normalized spacial score (nSPS) is 12.7. The lowest BCUT2D eigenvalue weighted by molar-refractivity contribution is 0.0530. The minimum absolute atomic E-state index is 0.552. The van der Waals surface area contributed by atoms with Gasteiger partial charge in [-0.25, -0.2) is 0 Å². The van der Waals surface area contributed by atoms with Crippen molar-refractivity contribution in [3.63, 3.8) is 0 Å². The van der Waals surface area contributed by atoms with Crippen LogP contribution >= 0.6 is 0 Å². The second kappa shape index (κ2) is 5.46. The van der Waals surface area contributed by atoms with Crippen molar-refractivity contribution in [3.05, 3.63) is 4.91 Å². The average molecular weight is 133 g/mol. The fourth-order valence-electron chi connectivity index (χ4n) is 0.427. The maximum absolute atomic E-state index is 9.39. The summed E-state index contributed by atoms with van der Waals surface area (Å²) in [5, 5.41) is 2.17. The lowest BCUT2D eigenvalue weighted by Crippen LogP contribution is -2.22. The Morgan fingerprint density at radius 2 is 2.33 bits per heavy atom. The van der Waals surface area contributed by atoms with Crippen LogP contribution in [0.3, 0.4) is 0 Å². The van der Waals surface area contributed by atoms with Gasteiger partial charge in [-0.05, 0) is 13.0 Å². The van der Waals surface area contributed by atoms with Crippen molar-refractivity contribution in [1.82, 2.24) is 0 Å². The second-order valence-corrected chi connectivity index (χ2v) is 1.65. The van der Waals surface area contributed by atoms with E-state index in [9.17, 15) is 4.91 Å². The van der Waals surface area contributed by atoms with Crippen molar-refractivity contribution in [2.24, 2.45) is 16.8 Å². The molecule has 0 aliphatic rings. The lowest BCUT2D eigenvalue weighted by Gasteiger charge is -2.03. The fourth-order valence-corrected chi connectivity index (χ4v) is 0.427. The number of nitrogens with zero attached hydrogens (tertiary/aromatic N) is 1. The van der Waals surface area contributed by atoms with Gasteiger partial charge in [-0.3, -0.25) is 5.73 Å². The molecule has 0 aromatic rings. The zero-order chi connectivity index (χ0) is 7.11. The molecule has 0 saturated heterocycles. The summed E-state index contributed by atoms with van der Waals surface area (Å²) < 4.78 is 0. The molecule has 0 heterocycles. The van der Waals surface area contributed by atoms with E-state index in [1.807, 2.05) is 0 Å². The highest BCUT2D eigenvalue weighted by molar-refractivity contribution is 4.47. The first-order chi connectivity index (χ1) is 4.31. The fraction of sp³-hybridized carbons (Fsp3) is 1.00. The molecule has 5 nitrogen and oxygen atoms in total. The monoisotopic (exact) mass is 133 g/mol. The SMILES string of the molecule is NCCCC(N)ON=O. The van der Waals surface area contributed by atoms with Gasteiger partial charge in [-0.1, -0.05) is 0 Å². The van der Waals surface area contributed by atoms with Gasteiger partial charge in [0.2, 0.25) is 0 Å². The second-order valence-electron chi connectivity index (χ2n) is 1.65. The van der Waals surface area contributed by atoms with Gasteiger partial charge >= 0.3 is 0 Å². The first-order valence-electron chi connectivity index (χ1n) is 2.75. The largest absolute Gasteiger partial charge is 0.345 e. The third-order valence-electron chi connectivity index (χ3n) is 0.871. The van der Waals surface area contributed by atoms with Gasteiger partial charge in [0.25, 0.3) is 0 Å². The minimum atomic E-state index is -0.592. The van der Waals surface area contributed by atoms with E-state index in [1.165, 1.54) is 0 Å². The Labute approximate surface area is 53.3 Å². The Morgan fingerprint density at radius 1 is 1.67 bits per heavy atom. The van der Waals surface area contributed by atoms with Gasteiger partial charge < -0.3 is 10.6 Å². The summed E-state index contributed by atoms with van der Waals surface area (Å²) in [6.45, 7) is 0.552. The highest BCUT2D eigenvalue weighted by atomic mass is 16.7. The predicted octanol–water partition coefficient (Wildman–Crippen LogP) is -0.292. The molecule has 0 aromatic heterocycles. The van der Waals surface area contributed by atoms with E-state index in [2.05, 4.69) is 10.2 Å². The third kappa shape index (κ3) is 5.19. The standard InChI is InChI=1S/C4H11N3O2/c5-3-1-2-4(6)9-7-8/h4H,1-3,5-6H2. The summed E-state index contributed by atoms with van der Waals surface area (Å²) in [4.78, 5) is 13.5. The van der Waals surface area contributed by atoms with Crippen molar-refractivity contribution in [1.29, 1.82) is 0 Å². The van der Waals surface area contributed by atoms with Crippen molar-refractivity contribution in [2.45, 2.75) is 19.1 Å². The van der Waals surface area contributed by atoms with Gasteiger partial charge in [-0.2, -0.15) is 0 Å². The van der Waals surface area contributed by atoms with E-state index in [-0.39, 0.29) is 0 Å². The molecule has 9 heavy (non-hydrogen) atoms. The minimum Gasteiger partial charge on any atom is -0.345 e. The zero-order valence-corrected chi connectivity index (χ0v) is 5.12. The van der Waals surface area contributed by atoms with Crippen LogP contribution < -0.4 is 11.5 Å². The molecule has 0 spiro atoms. The summed E-state index contributed by atoms with van der Waals surface area (Å²) in [5.41, 5.74) is 10.4. The van der Waals surface area contributed by atoms with Crippen molar-refractivity contribution >= 4 is 0 Å². The molecule has 5 heteroatoms. The van der Waals surface area contributed by atoms with Crippen LogP contribution in [0.15, 0.2) is 5.34 Å². The molecule has 0 aliphatic carbocycles. The Bertz CT molecular complexity index is 78.2. The molecule has 0 aromatic carbocycles. The highest BCUT2D eigenvalue weighted by Crippen LogP contribution is 1.93. The first kappa shape index (κ1) is 8.32. The van der Waals surface area contributed by atoms with Crippen LogP contribution in [0.25, 0.3) is 0 Å². The molecule has 0 amide bonds. The molecule has 0 rings (SSSR count). The molecule has 1 atom stereocenters. The van der Waals surface area contributed by atoms with Crippen LogP contribution in [0.4, 0.5) is 0 Å². The molecule has 4 N–H and O–H groups in total. The third-order valence-corrected chi connectivity index (χ3v) is 0.871. The van der Waals surface area contributed by atoms with Crippen LogP contribution in [0.2, 0.25) is 0 Å². The van der Waals surface area contributed by atoms with Crippen LogP contribution in [-0.2, 0) is 4.84 Å². The van der Waals surface area contributed by atoms with Crippen LogP contribution in [0.5, 0.6) is 0 Å². The maximum Gasteiger partial charge on any atom is 0.179 e. The molecular formula is C4H11N3O2. The molecular weight excluding hydrogens is 122 g/mol. The Balaban J connectivity index is 3.04. The summed E-state index contributed by atoms with van der Waals surface area (Å²) in [7, 11) is 0. The van der Waals surface area contributed by atoms with Gasteiger partial charge in [-0.15, -0.1) is 4.91 Å². The number of hydrogen-bond donors (Lipinski definition) is 2. The van der Waals surface area contributed by atoms with Gasteiger partial charge in [0.15, 0.2) is 11.6 Å². The van der Waals surface area contributed by atoms with Crippen LogP contribution in [0.1, 0.15) is 12.8 Å². The van der Waals surface area contributed by atoms with Gasteiger partial charge in [0.1, 0.15) is 0 Å². The predicted molar refractivity (Wildman–Crippen MR) is 33.1 cm³/mol. The van der Waals surface area contributed by atoms with Gasteiger partial charge in [0.05, 0.1) is 0 Å². The van der Waals surface area contributed by atoms with Crippen molar-refractivity contribution in [3.8, 4) is 0 Å². The highest BCUT2D eigenvalue weighted by Gasteiger charge is 1.99. The summed E-state index contributed by atoms with van der Waals surface area (Å²) in [5.74, 6) is 0. The first-order valence-corrected chi connectivity index (χ1v) is 2.75. The zero-order valence-electron chi connectivity index (χ0n) is 5.12. The average Bonchev–Trinajstić information content (AvgIpc) is 1.85. The maximum atomic E-state index is 9.39. The van der Waals surface area contributed by atoms with E-state index >= 15 is 0 Å². The smallest absolute Gasteiger partial charge is 0.179 e. The topological polar surface area (TPSA) is 90.7 Å². The number of nitrogens with two attached hydrogens (primary N) is 2. The number of rotatable bonds is 5. The Hall–Kier alpha value is -0.680. The van der Waals surface area contributed by atoms with E-state index in [0.717, 1.165) is 6.42 Å².